The van der Waals surface area contributed by atoms with Crippen molar-refractivity contribution in [2.75, 3.05) is 6.61 Å². The topological polar surface area (TPSA) is 97.1 Å². The van der Waals surface area contributed by atoms with E-state index in [9.17, 15) is 9.59 Å². The summed E-state index contributed by atoms with van der Waals surface area (Å²) in [6, 6.07) is 14.9. The van der Waals surface area contributed by atoms with Crippen LogP contribution in [0, 0.1) is 12.3 Å². The Balaban J connectivity index is 0.00000256. The Morgan fingerprint density at radius 2 is 1.90 bits per heavy atom. The molecule has 156 valence electrons. The van der Waals surface area contributed by atoms with E-state index in [1.807, 2.05) is 49.4 Å². The Bertz CT molecular complexity index is 1150. The number of amides is 1. The molecule has 2 aromatic carbocycles. The number of ether oxygens (including phenoxy) is 1. The molecule has 1 aliphatic rings. The van der Waals surface area contributed by atoms with E-state index in [0.29, 0.717) is 42.0 Å². The fourth-order valence-corrected chi connectivity index (χ4v) is 4.17. The summed E-state index contributed by atoms with van der Waals surface area (Å²) in [6.07, 6.45) is 0.566. The number of para-hydroxylation sites is 1. The zero-order valence-electron chi connectivity index (χ0n) is 16.3. The Morgan fingerprint density at radius 3 is 2.60 bits per heavy atom. The molecule has 1 unspecified atom stereocenters. The summed E-state index contributed by atoms with van der Waals surface area (Å²) in [5.41, 5.74) is 1.64. The maximum absolute atomic E-state index is 12.7. The molecular formula is C21H21ClN4O3S. The van der Waals surface area contributed by atoms with E-state index in [0.717, 1.165) is 5.56 Å². The summed E-state index contributed by atoms with van der Waals surface area (Å²) >= 11 is 1.24. The number of benzene rings is 2. The minimum Gasteiger partial charge on any atom is -0.492 e. The van der Waals surface area contributed by atoms with Gasteiger partial charge in [0.25, 0.3) is 5.56 Å². The molecule has 1 fully saturated rings. The fraction of sp³-hybridized carbons (Fsp3) is 0.238. The summed E-state index contributed by atoms with van der Waals surface area (Å²) in [4.78, 5) is 28.9. The normalized spacial score (nSPS) is 15.7. The molecule has 0 saturated carbocycles. The lowest BCUT2D eigenvalue weighted by molar-refractivity contribution is -0.118. The van der Waals surface area contributed by atoms with Crippen LogP contribution in [0.4, 0.5) is 0 Å². The number of nitrogens with one attached hydrogen (secondary N) is 2. The third-order valence-electron chi connectivity index (χ3n) is 4.77. The molecule has 1 atom stereocenters. The van der Waals surface area contributed by atoms with Gasteiger partial charge in [-0.05, 0) is 43.2 Å². The fourth-order valence-electron chi connectivity index (χ4n) is 3.28. The van der Waals surface area contributed by atoms with Crippen molar-refractivity contribution < 1.29 is 9.53 Å². The zero-order valence-corrected chi connectivity index (χ0v) is 17.9. The van der Waals surface area contributed by atoms with Crippen LogP contribution < -0.4 is 15.6 Å². The maximum atomic E-state index is 12.7. The van der Waals surface area contributed by atoms with Crippen LogP contribution in [0.3, 0.4) is 0 Å². The predicted octanol–water partition coefficient (Wildman–Crippen LogP) is 2.91. The molecule has 1 amide bonds. The van der Waals surface area contributed by atoms with Crippen molar-refractivity contribution in [1.29, 1.82) is 5.41 Å². The van der Waals surface area contributed by atoms with Gasteiger partial charge in [0.1, 0.15) is 18.2 Å². The first-order chi connectivity index (χ1) is 14.0. The minimum atomic E-state index is -0.260. The third-order valence-corrected chi connectivity index (χ3v) is 5.77. The van der Waals surface area contributed by atoms with Crippen LogP contribution in [-0.2, 0) is 17.8 Å². The van der Waals surface area contributed by atoms with Gasteiger partial charge in [-0.2, -0.15) is 0 Å². The van der Waals surface area contributed by atoms with E-state index >= 15 is 0 Å². The van der Waals surface area contributed by atoms with E-state index in [-0.39, 0.29) is 34.3 Å². The van der Waals surface area contributed by atoms with Gasteiger partial charge in [-0.15, -0.1) is 12.4 Å². The van der Waals surface area contributed by atoms with E-state index in [4.69, 9.17) is 10.1 Å². The van der Waals surface area contributed by atoms with E-state index in [1.54, 1.807) is 10.6 Å². The van der Waals surface area contributed by atoms with E-state index in [2.05, 4.69) is 10.3 Å². The molecule has 0 bridgehead atoms. The summed E-state index contributed by atoms with van der Waals surface area (Å²) in [5, 5.41) is 10.6. The smallest absolute Gasteiger partial charge is 0.261 e. The molecular weight excluding hydrogens is 424 g/mol. The van der Waals surface area contributed by atoms with Gasteiger partial charge in [0, 0.05) is 0 Å². The van der Waals surface area contributed by atoms with Gasteiger partial charge in [-0.25, -0.2) is 4.98 Å². The molecule has 4 rings (SSSR count). The average molecular weight is 445 g/mol. The van der Waals surface area contributed by atoms with Crippen molar-refractivity contribution in [3.05, 3.63) is 70.3 Å². The first-order valence-corrected chi connectivity index (χ1v) is 10.1. The lowest BCUT2D eigenvalue weighted by Crippen LogP contribution is -2.26. The highest BCUT2D eigenvalue weighted by Crippen LogP contribution is 2.23. The molecule has 2 heterocycles. The van der Waals surface area contributed by atoms with Crippen LogP contribution >= 0.6 is 24.2 Å². The molecule has 0 radical (unpaired) electrons. The van der Waals surface area contributed by atoms with Gasteiger partial charge in [0.2, 0.25) is 5.91 Å². The van der Waals surface area contributed by atoms with Gasteiger partial charge in [-0.1, -0.05) is 36.0 Å². The van der Waals surface area contributed by atoms with E-state index < -0.39 is 0 Å². The number of rotatable bonds is 6. The molecule has 30 heavy (non-hydrogen) atoms. The van der Waals surface area contributed by atoms with Gasteiger partial charge in [0.15, 0.2) is 5.17 Å². The highest BCUT2D eigenvalue weighted by Gasteiger charge is 2.29. The number of halogens is 1. The molecule has 1 saturated heterocycles. The number of nitrogens with zero attached hydrogens (tertiary/aromatic N) is 2. The Kier molecular flexibility index (Phi) is 6.79. The number of hydrogen-bond donors (Lipinski definition) is 2. The number of hydrogen-bond acceptors (Lipinski definition) is 6. The lowest BCUT2D eigenvalue weighted by Gasteiger charge is -2.12. The first kappa shape index (κ1) is 21.9. The highest BCUT2D eigenvalue weighted by molar-refractivity contribution is 8.15. The van der Waals surface area contributed by atoms with Crippen LogP contribution in [0.15, 0.2) is 53.3 Å². The van der Waals surface area contributed by atoms with Crippen molar-refractivity contribution in [2.45, 2.75) is 25.1 Å². The van der Waals surface area contributed by atoms with Crippen molar-refractivity contribution >= 4 is 46.1 Å². The Hall–Kier alpha value is -2.84. The van der Waals surface area contributed by atoms with E-state index in [1.165, 1.54) is 11.8 Å². The van der Waals surface area contributed by atoms with Crippen molar-refractivity contribution in [2.24, 2.45) is 0 Å². The number of thioether (sulfide) groups is 1. The quantitative estimate of drug-likeness (QED) is 0.609. The number of carbonyl (C=O) groups excluding carboxylic acids is 1. The highest BCUT2D eigenvalue weighted by atomic mass is 35.5. The lowest BCUT2D eigenvalue weighted by atomic mass is 10.1. The van der Waals surface area contributed by atoms with Crippen molar-refractivity contribution in [1.82, 2.24) is 14.9 Å². The minimum absolute atomic E-state index is 0. The van der Waals surface area contributed by atoms with Crippen molar-refractivity contribution in [3.8, 4) is 5.75 Å². The molecule has 3 aromatic rings. The van der Waals surface area contributed by atoms with Crippen LogP contribution in [0.1, 0.15) is 11.4 Å². The SMILES string of the molecule is Cc1nc2ccccc2c(=O)n1CCOc1ccc(CC2SC(=N)NC2=O)cc1.Cl. The third kappa shape index (κ3) is 4.66. The van der Waals surface area contributed by atoms with Crippen LogP contribution in [-0.4, -0.2) is 32.5 Å². The number of carbonyl (C=O) groups is 1. The molecule has 2 N–H and O–H groups in total. The maximum Gasteiger partial charge on any atom is 0.261 e. The van der Waals surface area contributed by atoms with Crippen LogP contribution in [0.2, 0.25) is 0 Å². The predicted molar refractivity (Wildman–Crippen MR) is 121 cm³/mol. The standard InChI is InChI=1S/C21H20N4O3S.ClH/c1-13-23-17-5-3-2-4-16(17)20(27)25(13)10-11-28-15-8-6-14(7-9-15)12-18-19(26)24-21(22)29-18;/h2-9,18H,10-12H2,1H3,(H2,22,24,26);1H. The second-order valence-corrected chi connectivity index (χ2v) is 7.97. The molecule has 9 heteroatoms. The van der Waals surface area contributed by atoms with Gasteiger partial charge in [-0.3, -0.25) is 19.6 Å². The molecule has 0 aliphatic carbocycles. The largest absolute Gasteiger partial charge is 0.492 e. The summed E-state index contributed by atoms with van der Waals surface area (Å²) in [7, 11) is 0. The van der Waals surface area contributed by atoms with Crippen LogP contribution in [0.25, 0.3) is 10.9 Å². The molecule has 7 nitrogen and oxygen atoms in total. The number of aryl methyl sites for hydroxylation is 1. The van der Waals surface area contributed by atoms with Gasteiger partial charge >= 0.3 is 0 Å². The second kappa shape index (κ2) is 9.32. The summed E-state index contributed by atoms with van der Waals surface area (Å²) in [5.74, 6) is 1.24. The Morgan fingerprint density at radius 1 is 1.17 bits per heavy atom. The molecule has 1 aromatic heterocycles. The number of amidine groups is 1. The number of fused-ring (bicyclic) bond motifs is 1. The van der Waals surface area contributed by atoms with Gasteiger partial charge in [0.05, 0.1) is 22.7 Å². The monoisotopic (exact) mass is 444 g/mol. The zero-order chi connectivity index (χ0) is 20.4. The van der Waals surface area contributed by atoms with Gasteiger partial charge < -0.3 is 10.1 Å². The summed E-state index contributed by atoms with van der Waals surface area (Å²) in [6.45, 7) is 2.57. The first-order valence-electron chi connectivity index (χ1n) is 9.25. The summed E-state index contributed by atoms with van der Waals surface area (Å²) < 4.78 is 7.42. The van der Waals surface area contributed by atoms with Crippen molar-refractivity contribution in [3.63, 3.8) is 0 Å². The molecule has 1 aliphatic heterocycles. The second-order valence-electron chi connectivity index (χ2n) is 6.75. The average Bonchev–Trinajstić information content (AvgIpc) is 3.02. The number of aromatic nitrogens is 2. The van der Waals surface area contributed by atoms with Crippen LogP contribution in [0.5, 0.6) is 5.75 Å². The molecule has 0 spiro atoms. The Labute approximate surface area is 183 Å².